The first-order chi connectivity index (χ1) is 14.9. The van der Waals surface area contributed by atoms with Gasteiger partial charge >= 0.3 is 11.9 Å². The molecule has 0 saturated heterocycles. The Kier molecular flexibility index (Phi) is 8.54. The van der Waals surface area contributed by atoms with Crippen LogP contribution in [0.25, 0.3) is 6.08 Å². The number of ether oxygens (including phenoxy) is 2. The molecule has 160 valence electrons. The molecule has 5 N–H and O–H groups in total. The molecule has 0 heterocycles. The number of nitrogens with two attached hydrogens (primary N) is 2. The summed E-state index contributed by atoms with van der Waals surface area (Å²) in [4.78, 5) is 39.1. The lowest BCUT2D eigenvalue weighted by atomic mass is 10.2. The SMILES string of the molecule is C=CCNC(=O)COC(=O)/C=C/c1ccc(OC(=O)c2ccc(N=C(N)N)cc2)cc1. The minimum atomic E-state index is -0.659. The van der Waals surface area contributed by atoms with E-state index in [9.17, 15) is 14.4 Å². The van der Waals surface area contributed by atoms with E-state index in [4.69, 9.17) is 20.9 Å². The van der Waals surface area contributed by atoms with Crippen LogP contribution < -0.4 is 21.5 Å². The van der Waals surface area contributed by atoms with Crippen molar-refractivity contribution in [1.82, 2.24) is 5.32 Å². The van der Waals surface area contributed by atoms with Gasteiger partial charge in [0.05, 0.1) is 11.3 Å². The number of hydrogen-bond donors (Lipinski definition) is 3. The predicted molar refractivity (Wildman–Crippen MR) is 117 cm³/mol. The maximum Gasteiger partial charge on any atom is 0.343 e. The van der Waals surface area contributed by atoms with Gasteiger partial charge in [0.2, 0.25) is 0 Å². The molecule has 0 bridgehead atoms. The van der Waals surface area contributed by atoms with Gasteiger partial charge in [-0.15, -0.1) is 6.58 Å². The second-order valence-corrected chi connectivity index (χ2v) is 6.08. The summed E-state index contributed by atoms with van der Waals surface area (Å²) in [5.74, 6) is -1.37. The van der Waals surface area contributed by atoms with Crippen LogP contribution in [0, 0.1) is 0 Å². The second kappa shape index (κ2) is 11.6. The topological polar surface area (TPSA) is 146 Å². The Bertz CT molecular complexity index is 992. The van der Waals surface area contributed by atoms with Crippen molar-refractivity contribution in [2.45, 2.75) is 0 Å². The van der Waals surface area contributed by atoms with E-state index in [-0.39, 0.29) is 12.6 Å². The Morgan fingerprint density at radius 1 is 1.03 bits per heavy atom. The fourth-order valence-electron chi connectivity index (χ4n) is 2.22. The van der Waals surface area contributed by atoms with E-state index >= 15 is 0 Å². The van der Waals surface area contributed by atoms with Gasteiger partial charge in [-0.25, -0.2) is 14.6 Å². The molecule has 2 aromatic carbocycles. The Morgan fingerprint density at radius 3 is 2.32 bits per heavy atom. The van der Waals surface area contributed by atoms with E-state index in [1.165, 1.54) is 18.2 Å². The molecule has 2 rings (SSSR count). The smallest absolute Gasteiger partial charge is 0.343 e. The molecule has 9 nitrogen and oxygen atoms in total. The zero-order chi connectivity index (χ0) is 22.6. The summed E-state index contributed by atoms with van der Waals surface area (Å²) < 4.78 is 10.1. The van der Waals surface area contributed by atoms with Crippen molar-refractivity contribution in [3.05, 3.63) is 78.4 Å². The number of aliphatic imine (C=N–C) groups is 1. The minimum absolute atomic E-state index is 0.0771. The lowest BCUT2D eigenvalue weighted by Gasteiger charge is -2.05. The van der Waals surface area contributed by atoms with Gasteiger partial charge in [-0.1, -0.05) is 18.2 Å². The summed E-state index contributed by atoms with van der Waals surface area (Å²) in [5, 5.41) is 2.49. The van der Waals surface area contributed by atoms with Crippen LogP contribution >= 0.6 is 0 Å². The maximum absolute atomic E-state index is 12.2. The number of hydrogen-bond acceptors (Lipinski definition) is 6. The molecular formula is C22H22N4O5. The molecule has 0 aromatic heterocycles. The van der Waals surface area contributed by atoms with Gasteiger partial charge in [0.25, 0.3) is 5.91 Å². The summed E-state index contributed by atoms with van der Waals surface area (Å²) in [6.07, 6.45) is 4.23. The third-order valence-corrected chi connectivity index (χ3v) is 3.65. The van der Waals surface area contributed by atoms with Crippen molar-refractivity contribution in [3.8, 4) is 5.75 Å². The Hall–Kier alpha value is -4.40. The molecule has 31 heavy (non-hydrogen) atoms. The lowest BCUT2D eigenvalue weighted by Crippen LogP contribution is -2.28. The highest BCUT2D eigenvalue weighted by atomic mass is 16.5. The number of esters is 2. The van der Waals surface area contributed by atoms with Gasteiger partial charge in [-0.3, -0.25) is 4.79 Å². The van der Waals surface area contributed by atoms with Gasteiger partial charge in [0, 0.05) is 12.6 Å². The Morgan fingerprint density at radius 2 is 1.71 bits per heavy atom. The first-order valence-corrected chi connectivity index (χ1v) is 9.12. The zero-order valence-electron chi connectivity index (χ0n) is 16.6. The largest absolute Gasteiger partial charge is 0.452 e. The first-order valence-electron chi connectivity index (χ1n) is 9.12. The number of amides is 1. The summed E-state index contributed by atoms with van der Waals surface area (Å²) in [5.41, 5.74) is 12.1. The van der Waals surface area contributed by atoms with Gasteiger partial charge < -0.3 is 26.3 Å². The third-order valence-electron chi connectivity index (χ3n) is 3.65. The van der Waals surface area contributed by atoms with E-state index < -0.39 is 17.8 Å². The average Bonchev–Trinajstić information content (AvgIpc) is 2.75. The second-order valence-electron chi connectivity index (χ2n) is 6.08. The van der Waals surface area contributed by atoms with Gasteiger partial charge in [0.15, 0.2) is 12.6 Å². The summed E-state index contributed by atoms with van der Waals surface area (Å²) in [6.45, 7) is 3.39. The van der Waals surface area contributed by atoms with Crippen molar-refractivity contribution in [3.63, 3.8) is 0 Å². The molecule has 0 unspecified atom stereocenters. The Labute approximate surface area is 179 Å². The fourth-order valence-corrected chi connectivity index (χ4v) is 2.22. The van der Waals surface area contributed by atoms with Crippen LogP contribution in [0.5, 0.6) is 5.75 Å². The van der Waals surface area contributed by atoms with Crippen molar-refractivity contribution >= 4 is 35.6 Å². The molecule has 0 spiro atoms. The quantitative estimate of drug-likeness (QED) is 0.139. The molecule has 0 aliphatic carbocycles. The van der Waals surface area contributed by atoms with Crippen LogP contribution in [0.15, 0.2) is 72.3 Å². The number of benzene rings is 2. The van der Waals surface area contributed by atoms with E-state index in [0.717, 1.165) is 0 Å². The van der Waals surface area contributed by atoms with E-state index in [1.807, 2.05) is 0 Å². The van der Waals surface area contributed by atoms with Crippen molar-refractivity contribution in [2.24, 2.45) is 16.5 Å². The van der Waals surface area contributed by atoms with Crippen LogP contribution in [0.2, 0.25) is 0 Å². The summed E-state index contributed by atoms with van der Waals surface area (Å²) in [6, 6.07) is 12.8. The molecule has 0 aliphatic heterocycles. The Balaban J connectivity index is 1.87. The summed E-state index contributed by atoms with van der Waals surface area (Å²) in [7, 11) is 0. The number of carbonyl (C=O) groups is 3. The molecule has 0 radical (unpaired) electrons. The number of nitrogens with zero attached hydrogens (tertiary/aromatic N) is 1. The number of guanidine groups is 1. The molecule has 0 atom stereocenters. The standard InChI is InChI=1S/C22H22N4O5/c1-2-13-25-19(27)14-30-20(28)12-5-15-3-10-18(11-4-15)31-21(29)16-6-8-17(9-7-16)26-22(23)24/h2-12H,1,13-14H2,(H,25,27)(H4,23,24,26)/b12-5+. The van der Waals surface area contributed by atoms with E-state index in [1.54, 1.807) is 48.5 Å². The highest BCUT2D eigenvalue weighted by Crippen LogP contribution is 2.17. The molecule has 0 saturated carbocycles. The number of carbonyl (C=O) groups excluding carboxylic acids is 3. The maximum atomic E-state index is 12.2. The van der Waals surface area contributed by atoms with E-state index in [0.29, 0.717) is 29.1 Å². The molecule has 9 heteroatoms. The summed E-state index contributed by atoms with van der Waals surface area (Å²) >= 11 is 0. The van der Waals surface area contributed by atoms with Crippen LogP contribution in [0.1, 0.15) is 15.9 Å². The number of rotatable bonds is 9. The van der Waals surface area contributed by atoms with Crippen LogP contribution in [-0.2, 0) is 14.3 Å². The van der Waals surface area contributed by atoms with Crippen molar-refractivity contribution in [1.29, 1.82) is 0 Å². The molecule has 0 aliphatic rings. The number of nitrogens with one attached hydrogen (secondary N) is 1. The lowest BCUT2D eigenvalue weighted by molar-refractivity contribution is -0.143. The van der Waals surface area contributed by atoms with Gasteiger partial charge in [0.1, 0.15) is 5.75 Å². The monoisotopic (exact) mass is 422 g/mol. The molecule has 1 amide bonds. The van der Waals surface area contributed by atoms with Gasteiger partial charge in [-0.05, 0) is 48.0 Å². The van der Waals surface area contributed by atoms with Crippen molar-refractivity contribution < 1.29 is 23.9 Å². The van der Waals surface area contributed by atoms with Crippen molar-refractivity contribution in [2.75, 3.05) is 13.2 Å². The highest BCUT2D eigenvalue weighted by molar-refractivity contribution is 5.92. The molecule has 2 aromatic rings. The van der Waals surface area contributed by atoms with Crippen LogP contribution in [-0.4, -0.2) is 37.0 Å². The minimum Gasteiger partial charge on any atom is -0.452 e. The van der Waals surface area contributed by atoms with Crippen LogP contribution in [0.3, 0.4) is 0 Å². The van der Waals surface area contributed by atoms with E-state index in [2.05, 4.69) is 16.9 Å². The molecule has 0 fully saturated rings. The highest BCUT2D eigenvalue weighted by Gasteiger charge is 2.09. The zero-order valence-corrected chi connectivity index (χ0v) is 16.6. The van der Waals surface area contributed by atoms with Gasteiger partial charge in [-0.2, -0.15) is 0 Å². The fraction of sp³-hybridized carbons (Fsp3) is 0.0909. The normalized spacial score (nSPS) is 10.2. The molecular weight excluding hydrogens is 400 g/mol. The van der Waals surface area contributed by atoms with Crippen LogP contribution in [0.4, 0.5) is 5.69 Å². The third kappa shape index (κ3) is 8.24. The first kappa shape index (κ1) is 22.9. The predicted octanol–water partition coefficient (Wildman–Crippen LogP) is 1.67. The average molecular weight is 422 g/mol.